The van der Waals surface area contributed by atoms with Gasteiger partial charge >= 0.3 is 26.2 Å². The van der Waals surface area contributed by atoms with Crippen LogP contribution in [0.4, 0.5) is 0 Å². The molecule has 2 heteroatoms. The molecule has 0 radical (unpaired) electrons. The molecule has 0 atom stereocenters. The third-order valence-corrected chi connectivity index (χ3v) is 1.50. The molecule has 0 unspecified atom stereocenters. The molecule has 0 saturated heterocycles. The maximum Gasteiger partial charge on any atom is 2.00 e. The van der Waals surface area contributed by atoms with Gasteiger partial charge in [-0.3, -0.25) is 12.2 Å². The minimum Gasteiger partial charge on any atom is -0.273 e. The van der Waals surface area contributed by atoms with Gasteiger partial charge in [0.15, 0.2) is 0 Å². The summed E-state index contributed by atoms with van der Waals surface area (Å²) in [6.07, 6.45) is 17.4. The number of hydrogen-bond donors (Lipinski definition) is 0. The van der Waals surface area contributed by atoms with E-state index in [-0.39, 0.29) is 26.2 Å². The molecule has 2 aliphatic carbocycles. The maximum absolute atomic E-state index is 5.48. The van der Waals surface area contributed by atoms with E-state index < -0.39 is 0 Å². The first-order valence-corrected chi connectivity index (χ1v) is 3.90. The van der Waals surface area contributed by atoms with Crippen molar-refractivity contribution in [2.75, 3.05) is 0 Å². The van der Waals surface area contributed by atoms with E-state index in [9.17, 15) is 0 Å². The Morgan fingerprint density at radius 2 is 2.08 bits per heavy atom. The first kappa shape index (κ1) is 12.1. The molecule has 0 fully saturated rings. The third kappa shape index (κ3) is 5.74. The third-order valence-electron chi connectivity index (χ3n) is 1.24. The van der Waals surface area contributed by atoms with Crippen molar-refractivity contribution in [3.05, 3.63) is 47.6 Å². The monoisotopic (exact) mass is 254 g/mol. The summed E-state index contributed by atoms with van der Waals surface area (Å²) in [6.45, 7) is 0. The Labute approximate surface area is 97.8 Å². The van der Waals surface area contributed by atoms with E-state index in [1.54, 1.807) is 0 Å². The van der Waals surface area contributed by atoms with Crippen LogP contribution in [-0.4, -0.2) is 0 Å². The Hall–Kier alpha value is 0.133. The molecular formula is C10H9ClZr. The Kier molecular flexibility index (Phi) is 7.85. The van der Waals surface area contributed by atoms with Gasteiger partial charge in [0.2, 0.25) is 0 Å². The molecule has 0 heterocycles. The summed E-state index contributed by atoms with van der Waals surface area (Å²) in [6, 6.07) is 0. The zero-order valence-corrected chi connectivity index (χ0v) is 9.89. The molecule has 0 saturated carbocycles. The number of hydrogen-bond acceptors (Lipinski definition) is 0. The van der Waals surface area contributed by atoms with Crippen LogP contribution in [0.2, 0.25) is 0 Å². The van der Waals surface area contributed by atoms with Gasteiger partial charge in [-0.2, -0.15) is 12.2 Å². The van der Waals surface area contributed by atoms with Crippen molar-refractivity contribution in [2.45, 2.75) is 12.8 Å². The van der Waals surface area contributed by atoms with Gasteiger partial charge in [0.1, 0.15) is 0 Å². The van der Waals surface area contributed by atoms with E-state index in [2.05, 4.69) is 18.2 Å². The fraction of sp³-hybridized carbons (Fsp3) is 0.200. The minimum absolute atomic E-state index is 0. The van der Waals surface area contributed by atoms with E-state index in [4.69, 9.17) is 11.6 Å². The summed E-state index contributed by atoms with van der Waals surface area (Å²) in [5.74, 6) is 0. The van der Waals surface area contributed by atoms with Crippen molar-refractivity contribution in [3.63, 3.8) is 0 Å². The van der Waals surface area contributed by atoms with Crippen LogP contribution in [0.5, 0.6) is 0 Å². The largest absolute Gasteiger partial charge is 2.00 e. The van der Waals surface area contributed by atoms with Gasteiger partial charge in [-0.1, -0.05) is 11.5 Å². The molecule has 0 nitrogen and oxygen atoms in total. The quantitative estimate of drug-likeness (QED) is 0.584. The zero-order valence-electron chi connectivity index (χ0n) is 6.68. The van der Waals surface area contributed by atoms with Crippen molar-refractivity contribution in [2.24, 2.45) is 0 Å². The van der Waals surface area contributed by atoms with E-state index in [1.165, 1.54) is 0 Å². The standard InChI is InChI=1S/C5H4Cl.C5H5.Zr/c6-5-3-1-2-4-5;1-2-4-5-3-1;/h1,3H,4H2;1-3H,4H2;/q2*-1;+2. The summed E-state index contributed by atoms with van der Waals surface area (Å²) in [7, 11) is 0. The average Bonchev–Trinajstić information content (AvgIpc) is 2.57. The Morgan fingerprint density at radius 3 is 2.25 bits per heavy atom. The number of allylic oxidation sites excluding steroid dienone is 8. The predicted molar refractivity (Wildman–Crippen MR) is 47.9 cm³/mol. The second-order valence-electron chi connectivity index (χ2n) is 2.16. The van der Waals surface area contributed by atoms with Crippen molar-refractivity contribution >= 4 is 11.6 Å². The van der Waals surface area contributed by atoms with Gasteiger partial charge in [-0.15, -0.1) is 18.0 Å². The van der Waals surface area contributed by atoms with Gasteiger partial charge in [0, 0.05) is 0 Å². The van der Waals surface area contributed by atoms with Crippen molar-refractivity contribution in [1.82, 2.24) is 0 Å². The van der Waals surface area contributed by atoms with Crippen LogP contribution in [0.3, 0.4) is 0 Å². The zero-order chi connectivity index (χ0) is 7.94. The first-order valence-electron chi connectivity index (χ1n) is 3.52. The Bertz CT molecular complexity index is 214. The molecule has 0 bridgehead atoms. The summed E-state index contributed by atoms with van der Waals surface area (Å²) in [5.41, 5.74) is 0. The number of rotatable bonds is 0. The molecule has 0 aliphatic heterocycles. The molecule has 0 N–H and O–H groups in total. The van der Waals surface area contributed by atoms with Gasteiger partial charge in [0.25, 0.3) is 0 Å². The maximum atomic E-state index is 5.48. The van der Waals surface area contributed by atoms with Crippen LogP contribution in [0.25, 0.3) is 0 Å². The van der Waals surface area contributed by atoms with E-state index in [1.807, 2.05) is 24.3 Å². The van der Waals surface area contributed by atoms with Gasteiger partial charge < -0.3 is 0 Å². The fourth-order valence-electron chi connectivity index (χ4n) is 0.705. The normalized spacial score (nSPS) is 16.6. The van der Waals surface area contributed by atoms with Gasteiger partial charge in [0.05, 0.1) is 0 Å². The second-order valence-corrected chi connectivity index (χ2v) is 2.65. The van der Waals surface area contributed by atoms with Gasteiger partial charge in [-0.05, 0) is 0 Å². The molecule has 0 aromatic carbocycles. The first-order chi connectivity index (χ1) is 5.39. The molecule has 60 valence electrons. The molecule has 2 rings (SSSR count). The van der Waals surface area contributed by atoms with E-state index >= 15 is 0 Å². The smallest absolute Gasteiger partial charge is 0.273 e. The van der Waals surface area contributed by atoms with Gasteiger partial charge in [-0.25, -0.2) is 18.2 Å². The molecule has 0 aromatic heterocycles. The summed E-state index contributed by atoms with van der Waals surface area (Å²) in [4.78, 5) is 0. The second kappa shape index (κ2) is 7.77. The molecule has 12 heavy (non-hydrogen) atoms. The SMILES string of the molecule is ClC1=CC=[C-]C1.[C-]1=CC=CC1.[Zr+2]. The van der Waals surface area contributed by atoms with E-state index in [0.717, 1.165) is 17.9 Å². The molecule has 2 aliphatic rings. The van der Waals surface area contributed by atoms with Crippen molar-refractivity contribution < 1.29 is 26.2 Å². The Morgan fingerprint density at radius 1 is 1.25 bits per heavy atom. The molecular weight excluding hydrogens is 247 g/mol. The van der Waals surface area contributed by atoms with Crippen LogP contribution in [-0.2, 0) is 26.2 Å². The molecule has 0 aromatic rings. The van der Waals surface area contributed by atoms with Crippen LogP contribution in [0.1, 0.15) is 12.8 Å². The van der Waals surface area contributed by atoms with Crippen LogP contribution >= 0.6 is 11.6 Å². The molecule has 0 spiro atoms. The summed E-state index contributed by atoms with van der Waals surface area (Å²) >= 11 is 5.48. The number of halogens is 1. The van der Waals surface area contributed by atoms with Crippen molar-refractivity contribution in [3.8, 4) is 0 Å². The van der Waals surface area contributed by atoms with Crippen LogP contribution < -0.4 is 0 Å². The molecule has 0 amide bonds. The average molecular weight is 256 g/mol. The fourth-order valence-corrected chi connectivity index (χ4v) is 0.845. The summed E-state index contributed by atoms with van der Waals surface area (Å²) < 4.78 is 0. The predicted octanol–water partition coefficient (Wildman–Crippen LogP) is 3.18. The van der Waals surface area contributed by atoms with Crippen LogP contribution in [0, 0.1) is 12.2 Å². The van der Waals surface area contributed by atoms with Crippen molar-refractivity contribution in [1.29, 1.82) is 0 Å². The summed E-state index contributed by atoms with van der Waals surface area (Å²) in [5, 5.41) is 0.884. The van der Waals surface area contributed by atoms with E-state index in [0.29, 0.717) is 0 Å². The Balaban J connectivity index is 0.000000189. The minimum atomic E-state index is 0. The van der Waals surface area contributed by atoms with Crippen LogP contribution in [0.15, 0.2) is 35.4 Å². The topological polar surface area (TPSA) is 0 Å².